The molecule has 0 radical (unpaired) electrons. The lowest BCUT2D eigenvalue weighted by molar-refractivity contribution is -0.184. The molecule has 0 aromatic heterocycles. The standard InChI is InChI=1S/C24H25F3N4O5/c1-32-14-6-16-20(18(7-14)36-19-4-5-31(10-24(19,26)27)13-8-33-9-13)23(29-11-28-16)30-21-15(25)2-3-17-22(21)35-12-34-17/h2-3,6-7,11,13,16,19-20H,4-5,8-10,12H2,1H3,(H,28,29,30)/t16?,19-,20?/m0/s1. The van der Waals surface area contributed by atoms with Gasteiger partial charge in [-0.1, -0.05) is 0 Å². The van der Waals surface area contributed by atoms with E-state index in [1.54, 1.807) is 17.1 Å². The van der Waals surface area contributed by atoms with E-state index < -0.39 is 36.3 Å². The minimum Gasteiger partial charge on any atom is -0.497 e. The number of fused-ring (bicyclic) bond motifs is 2. The number of likely N-dealkylation sites (tertiary alicyclic amines) is 1. The Morgan fingerprint density at radius 2 is 2.08 bits per heavy atom. The molecule has 2 saturated heterocycles. The Morgan fingerprint density at radius 1 is 1.22 bits per heavy atom. The highest BCUT2D eigenvalue weighted by atomic mass is 19.3. The molecule has 9 nitrogen and oxygen atoms in total. The Morgan fingerprint density at radius 3 is 2.83 bits per heavy atom. The van der Waals surface area contributed by atoms with Gasteiger partial charge in [0, 0.05) is 19.0 Å². The fraction of sp³-hybridized carbons (Fsp3) is 0.500. The van der Waals surface area contributed by atoms with Crippen molar-refractivity contribution in [3.8, 4) is 11.5 Å². The fourth-order valence-corrected chi connectivity index (χ4v) is 4.93. The van der Waals surface area contributed by atoms with Gasteiger partial charge in [0.1, 0.15) is 35.3 Å². The molecule has 36 heavy (non-hydrogen) atoms. The van der Waals surface area contributed by atoms with Gasteiger partial charge in [0.05, 0.1) is 39.0 Å². The second-order valence-electron chi connectivity index (χ2n) is 9.17. The van der Waals surface area contributed by atoms with Crippen LogP contribution in [0.1, 0.15) is 6.42 Å². The molecule has 0 bridgehead atoms. The number of piperidine rings is 1. The summed E-state index contributed by atoms with van der Waals surface area (Å²) in [6.07, 6.45) is 3.43. The summed E-state index contributed by atoms with van der Waals surface area (Å²) in [6, 6.07) is 2.20. The van der Waals surface area contributed by atoms with E-state index in [1.807, 2.05) is 0 Å². The molecule has 2 unspecified atom stereocenters. The van der Waals surface area contributed by atoms with Gasteiger partial charge < -0.3 is 29.0 Å². The lowest BCUT2D eigenvalue weighted by atomic mass is 9.89. The summed E-state index contributed by atoms with van der Waals surface area (Å²) in [4.78, 5) is 10.4. The minimum absolute atomic E-state index is 0.0162. The molecule has 1 aromatic rings. The van der Waals surface area contributed by atoms with Crippen LogP contribution in [0.4, 0.5) is 18.9 Å². The molecule has 2 fully saturated rings. The molecule has 3 atom stereocenters. The van der Waals surface area contributed by atoms with E-state index in [9.17, 15) is 4.39 Å². The van der Waals surface area contributed by atoms with Gasteiger partial charge in [-0.25, -0.2) is 18.2 Å². The summed E-state index contributed by atoms with van der Waals surface area (Å²) in [7, 11) is 1.48. The maximum absolute atomic E-state index is 15.2. The maximum Gasteiger partial charge on any atom is 0.296 e. The zero-order valence-corrected chi connectivity index (χ0v) is 19.5. The number of ether oxygens (including phenoxy) is 5. The van der Waals surface area contributed by atoms with E-state index in [4.69, 9.17) is 23.7 Å². The van der Waals surface area contributed by atoms with Crippen LogP contribution in [0.5, 0.6) is 11.5 Å². The Hall–Kier alpha value is -3.25. The van der Waals surface area contributed by atoms with Gasteiger partial charge in [0.25, 0.3) is 5.92 Å². The van der Waals surface area contributed by atoms with Crippen molar-refractivity contribution in [2.45, 2.75) is 30.5 Å². The van der Waals surface area contributed by atoms with Crippen molar-refractivity contribution in [3.63, 3.8) is 0 Å². The number of hydrogen-bond donors (Lipinski definition) is 1. The molecule has 1 N–H and O–H groups in total. The number of nitrogens with zero attached hydrogens (tertiary/aromatic N) is 3. The monoisotopic (exact) mass is 506 g/mol. The topological polar surface area (TPSA) is 86.1 Å². The first-order valence-electron chi connectivity index (χ1n) is 11.7. The number of rotatable bonds is 5. The van der Waals surface area contributed by atoms with Crippen molar-refractivity contribution in [1.82, 2.24) is 4.90 Å². The largest absolute Gasteiger partial charge is 0.497 e. The number of amidine groups is 1. The van der Waals surface area contributed by atoms with Gasteiger partial charge in [-0.05, 0) is 18.2 Å². The Bertz CT molecular complexity index is 1170. The van der Waals surface area contributed by atoms with Crippen molar-refractivity contribution >= 4 is 17.9 Å². The van der Waals surface area contributed by atoms with Crippen molar-refractivity contribution < 1.29 is 36.9 Å². The smallest absolute Gasteiger partial charge is 0.296 e. The maximum atomic E-state index is 15.2. The van der Waals surface area contributed by atoms with Crippen molar-refractivity contribution in [2.24, 2.45) is 15.9 Å². The number of nitrogens with one attached hydrogen (secondary N) is 1. The zero-order valence-electron chi connectivity index (χ0n) is 19.5. The Labute approximate surface area is 205 Å². The molecule has 0 saturated carbocycles. The molecule has 192 valence electrons. The van der Waals surface area contributed by atoms with Gasteiger partial charge in [-0.3, -0.25) is 9.89 Å². The van der Waals surface area contributed by atoms with E-state index in [0.717, 1.165) is 0 Å². The molecule has 5 aliphatic rings. The number of aliphatic imine (C=N–C) groups is 2. The summed E-state index contributed by atoms with van der Waals surface area (Å²) >= 11 is 0. The predicted molar refractivity (Wildman–Crippen MR) is 123 cm³/mol. The number of hydrogen-bond acceptors (Lipinski definition) is 9. The summed E-state index contributed by atoms with van der Waals surface area (Å²) in [5, 5.41) is 2.98. The molecular weight excluding hydrogens is 481 g/mol. The van der Waals surface area contributed by atoms with Crippen LogP contribution in [-0.4, -0.2) is 81.4 Å². The van der Waals surface area contributed by atoms with Gasteiger partial charge in [0.15, 0.2) is 23.4 Å². The van der Waals surface area contributed by atoms with Crippen LogP contribution in [0.3, 0.4) is 0 Å². The molecule has 6 rings (SSSR count). The molecule has 0 spiro atoms. The first-order valence-corrected chi connectivity index (χ1v) is 11.7. The van der Waals surface area contributed by atoms with Crippen molar-refractivity contribution in [1.29, 1.82) is 0 Å². The van der Waals surface area contributed by atoms with Crippen LogP contribution in [0.2, 0.25) is 0 Å². The normalized spacial score (nSPS) is 28.9. The summed E-state index contributed by atoms with van der Waals surface area (Å²) in [5.74, 6) is -2.82. The average molecular weight is 506 g/mol. The molecule has 12 heteroatoms. The number of halogens is 3. The Balaban J connectivity index is 1.27. The molecule has 4 heterocycles. The van der Waals surface area contributed by atoms with Crippen LogP contribution < -0.4 is 14.8 Å². The van der Waals surface area contributed by atoms with Crippen LogP contribution in [0.25, 0.3) is 0 Å². The number of methoxy groups -OCH3 is 1. The third-order valence-corrected chi connectivity index (χ3v) is 6.95. The van der Waals surface area contributed by atoms with Gasteiger partial charge in [-0.2, -0.15) is 0 Å². The van der Waals surface area contributed by atoms with E-state index in [0.29, 0.717) is 31.3 Å². The van der Waals surface area contributed by atoms with Crippen molar-refractivity contribution in [3.05, 3.63) is 41.6 Å². The first kappa shape index (κ1) is 23.2. The van der Waals surface area contributed by atoms with Crippen LogP contribution in [0, 0.1) is 11.7 Å². The quantitative estimate of drug-likeness (QED) is 0.657. The van der Waals surface area contributed by atoms with Crippen LogP contribution in [-0.2, 0) is 14.2 Å². The lowest BCUT2D eigenvalue weighted by Crippen LogP contribution is -2.60. The minimum atomic E-state index is -3.08. The molecule has 1 aliphatic carbocycles. The number of anilines is 1. The zero-order chi connectivity index (χ0) is 24.9. The third-order valence-electron chi connectivity index (χ3n) is 6.95. The van der Waals surface area contributed by atoms with Crippen molar-refractivity contribution in [2.75, 3.05) is 45.5 Å². The predicted octanol–water partition coefficient (Wildman–Crippen LogP) is 2.94. The Kier molecular flexibility index (Phi) is 5.79. The second-order valence-corrected chi connectivity index (χ2v) is 9.17. The summed E-state index contributed by atoms with van der Waals surface area (Å²) < 4.78 is 72.5. The SMILES string of the molecule is COC1=CC2N=CN=C(Nc3c(F)ccc4c3OCO4)C2C(O[C@H]2CCN(C3COC3)CC2(F)F)=C1. The number of allylic oxidation sites excluding steroid dienone is 1. The van der Waals surface area contributed by atoms with E-state index in [-0.39, 0.29) is 42.3 Å². The highest BCUT2D eigenvalue weighted by Gasteiger charge is 2.50. The highest BCUT2D eigenvalue weighted by molar-refractivity contribution is 6.05. The molecule has 0 amide bonds. The van der Waals surface area contributed by atoms with E-state index in [1.165, 1.54) is 25.6 Å². The van der Waals surface area contributed by atoms with Crippen LogP contribution >= 0.6 is 0 Å². The third kappa shape index (κ3) is 4.07. The molecular formula is C24H25F3N4O5. The summed E-state index contributed by atoms with van der Waals surface area (Å²) in [5.41, 5.74) is 0.0417. The van der Waals surface area contributed by atoms with Gasteiger partial charge in [0.2, 0.25) is 6.79 Å². The first-order chi connectivity index (χ1) is 17.4. The number of benzene rings is 1. The van der Waals surface area contributed by atoms with E-state index in [2.05, 4.69) is 15.3 Å². The van der Waals surface area contributed by atoms with Gasteiger partial charge in [-0.15, -0.1) is 0 Å². The van der Waals surface area contributed by atoms with E-state index >= 15 is 8.78 Å². The lowest BCUT2D eigenvalue weighted by Gasteiger charge is -2.45. The fourth-order valence-electron chi connectivity index (χ4n) is 4.93. The second kappa shape index (κ2) is 9.00. The number of alkyl halides is 2. The summed E-state index contributed by atoms with van der Waals surface area (Å²) in [6.45, 7) is 0.963. The van der Waals surface area contributed by atoms with Crippen LogP contribution in [0.15, 0.2) is 45.8 Å². The highest BCUT2D eigenvalue weighted by Crippen LogP contribution is 2.43. The average Bonchev–Trinajstić information content (AvgIpc) is 3.30. The molecule has 4 aliphatic heterocycles. The molecule has 1 aromatic carbocycles. The van der Waals surface area contributed by atoms with Gasteiger partial charge >= 0.3 is 0 Å².